The van der Waals surface area contributed by atoms with E-state index >= 15 is 0 Å². The average Bonchev–Trinajstić information content (AvgIpc) is 3.29. The van der Waals surface area contributed by atoms with E-state index in [1.54, 1.807) is 25.2 Å². The highest BCUT2D eigenvalue weighted by atomic mass is 19.1. The van der Waals surface area contributed by atoms with Gasteiger partial charge in [-0.05, 0) is 42.9 Å². The second-order valence-corrected chi connectivity index (χ2v) is 8.45. The zero-order valence-electron chi connectivity index (χ0n) is 17.7. The summed E-state index contributed by atoms with van der Waals surface area (Å²) in [6, 6.07) is 18.7. The molecule has 8 heteroatoms. The lowest BCUT2D eigenvalue weighted by Gasteiger charge is -2.35. The number of rotatable bonds is 4. The van der Waals surface area contributed by atoms with Crippen LogP contribution in [0.2, 0.25) is 0 Å². The van der Waals surface area contributed by atoms with Crippen LogP contribution in [0, 0.1) is 21.8 Å². The first-order chi connectivity index (χ1) is 15.8. The Morgan fingerprint density at radius 2 is 1.85 bits per heavy atom. The summed E-state index contributed by atoms with van der Waals surface area (Å²) in [6.45, 7) is 0.334. The molecule has 1 amide bonds. The van der Waals surface area contributed by atoms with Gasteiger partial charge in [0.1, 0.15) is 11.4 Å². The molecule has 0 aromatic heterocycles. The average molecular weight is 445 g/mol. The smallest absolute Gasteiger partial charge is 0.269 e. The van der Waals surface area contributed by atoms with Crippen LogP contribution in [0.1, 0.15) is 27.4 Å². The molecule has 0 aliphatic carbocycles. The first-order valence-electron chi connectivity index (χ1n) is 10.5. The van der Waals surface area contributed by atoms with Gasteiger partial charge in [-0.25, -0.2) is 4.39 Å². The summed E-state index contributed by atoms with van der Waals surface area (Å²) >= 11 is 0. The summed E-state index contributed by atoms with van der Waals surface area (Å²) in [5.41, 5.74) is 0.823. The maximum absolute atomic E-state index is 14.0. The molecule has 1 spiro atoms. The molecule has 1 fully saturated rings. The van der Waals surface area contributed by atoms with Crippen molar-refractivity contribution in [1.29, 1.82) is 0 Å². The van der Waals surface area contributed by atoms with Crippen LogP contribution in [0.5, 0.6) is 0 Å². The number of nitro benzene ring substituents is 1. The zero-order chi connectivity index (χ0) is 23.3. The number of anilines is 1. The lowest BCUT2D eigenvalue weighted by molar-refractivity contribution is -0.384. The van der Waals surface area contributed by atoms with Gasteiger partial charge in [-0.2, -0.15) is 0 Å². The van der Waals surface area contributed by atoms with E-state index in [1.165, 1.54) is 36.4 Å². The third-order valence-electron chi connectivity index (χ3n) is 6.78. The van der Waals surface area contributed by atoms with Crippen LogP contribution in [0.4, 0.5) is 15.8 Å². The van der Waals surface area contributed by atoms with Crippen molar-refractivity contribution in [3.8, 4) is 0 Å². The normalized spacial score (nSPS) is 24.0. The Kier molecular flexibility index (Phi) is 4.83. The van der Waals surface area contributed by atoms with Crippen molar-refractivity contribution in [2.24, 2.45) is 5.92 Å². The molecular formula is C25H20FN3O4. The lowest BCUT2D eigenvalue weighted by atomic mass is 9.70. The highest BCUT2D eigenvalue weighted by Gasteiger charge is 2.64. The largest absolute Gasteiger partial charge is 0.324 e. The van der Waals surface area contributed by atoms with Crippen molar-refractivity contribution in [2.45, 2.75) is 11.5 Å². The van der Waals surface area contributed by atoms with Gasteiger partial charge in [0.2, 0.25) is 5.91 Å². The van der Waals surface area contributed by atoms with Crippen LogP contribution in [-0.4, -0.2) is 35.1 Å². The maximum Gasteiger partial charge on any atom is 0.269 e. The topological polar surface area (TPSA) is 92.5 Å². The molecule has 3 aromatic rings. The molecule has 33 heavy (non-hydrogen) atoms. The minimum atomic E-state index is -1.29. The third-order valence-corrected chi connectivity index (χ3v) is 6.78. The van der Waals surface area contributed by atoms with E-state index in [9.17, 15) is 24.1 Å². The van der Waals surface area contributed by atoms with Gasteiger partial charge in [-0.3, -0.25) is 24.6 Å². The van der Waals surface area contributed by atoms with Crippen LogP contribution in [0.3, 0.4) is 0 Å². The summed E-state index contributed by atoms with van der Waals surface area (Å²) in [6.07, 6.45) is 0. The van der Waals surface area contributed by atoms with Gasteiger partial charge in [-0.15, -0.1) is 0 Å². The number of fused-ring (bicyclic) bond motifs is 2. The number of hydrogen-bond donors (Lipinski definition) is 1. The number of hydrogen-bond acceptors (Lipinski definition) is 5. The SMILES string of the molecule is CN1C[C@H](c2cccc([N+](=O)[O-])c2)[C@@H](C(=O)c2ccc(F)cc2)[C@]12C(=O)Nc1ccccc12. The van der Waals surface area contributed by atoms with Crippen molar-refractivity contribution in [2.75, 3.05) is 18.9 Å². The summed E-state index contributed by atoms with van der Waals surface area (Å²) in [4.78, 5) is 40.3. The second kappa shape index (κ2) is 7.60. The summed E-state index contributed by atoms with van der Waals surface area (Å²) in [5.74, 6) is -2.48. The molecular weight excluding hydrogens is 425 g/mol. The number of amides is 1. The highest BCUT2D eigenvalue weighted by molar-refractivity contribution is 6.12. The molecule has 0 bridgehead atoms. The van der Waals surface area contributed by atoms with Crippen LogP contribution in [0.25, 0.3) is 0 Å². The first-order valence-corrected chi connectivity index (χ1v) is 10.5. The molecule has 1 N–H and O–H groups in total. The Hall–Kier alpha value is -3.91. The second-order valence-electron chi connectivity index (χ2n) is 8.45. The monoisotopic (exact) mass is 445 g/mol. The van der Waals surface area contributed by atoms with Crippen molar-refractivity contribution in [3.05, 3.63) is 105 Å². The molecule has 7 nitrogen and oxygen atoms in total. The van der Waals surface area contributed by atoms with Gasteiger partial charge in [0.25, 0.3) is 5.69 Å². The number of carbonyl (C=O) groups excluding carboxylic acids is 2. The lowest BCUT2D eigenvalue weighted by Crippen LogP contribution is -2.51. The van der Waals surface area contributed by atoms with Crippen LogP contribution >= 0.6 is 0 Å². The Morgan fingerprint density at radius 3 is 2.58 bits per heavy atom. The number of Topliss-reactive ketones (excluding diaryl/α,β-unsaturated/α-hetero) is 1. The predicted molar refractivity (Wildman–Crippen MR) is 119 cm³/mol. The van der Waals surface area contributed by atoms with E-state index in [4.69, 9.17) is 0 Å². The minimum absolute atomic E-state index is 0.0830. The van der Waals surface area contributed by atoms with Gasteiger partial charge < -0.3 is 5.32 Å². The number of para-hydroxylation sites is 1. The Morgan fingerprint density at radius 1 is 1.12 bits per heavy atom. The Bertz CT molecular complexity index is 1290. The van der Waals surface area contributed by atoms with Crippen molar-refractivity contribution in [3.63, 3.8) is 0 Å². The number of nitrogens with one attached hydrogen (secondary N) is 1. The van der Waals surface area contributed by atoms with Gasteiger partial charge in [0.05, 0.1) is 10.8 Å². The van der Waals surface area contributed by atoms with Gasteiger partial charge in [-0.1, -0.05) is 30.3 Å². The fourth-order valence-corrected chi connectivity index (χ4v) is 5.36. The molecule has 5 rings (SSSR count). The number of non-ortho nitro benzene ring substituents is 1. The van der Waals surface area contributed by atoms with E-state index in [0.29, 0.717) is 23.4 Å². The van der Waals surface area contributed by atoms with Gasteiger partial charge in [0, 0.05) is 41.4 Å². The van der Waals surface area contributed by atoms with Crippen LogP contribution in [0.15, 0.2) is 72.8 Å². The number of nitrogens with zero attached hydrogens (tertiary/aromatic N) is 2. The fourth-order valence-electron chi connectivity index (χ4n) is 5.36. The standard InChI is InChI=1S/C25H20FN3O4/c1-28-14-19(16-5-4-6-18(13-16)29(32)33)22(23(30)15-9-11-17(26)12-10-15)25(28)20-7-2-3-8-21(20)27-24(25)31/h2-13,19,22H,14H2,1H3,(H,27,31)/t19-,22+,25-/m1/s1. The van der Waals surface area contributed by atoms with Crippen LogP contribution < -0.4 is 5.32 Å². The molecule has 0 saturated carbocycles. The maximum atomic E-state index is 14.0. The number of nitro groups is 1. The zero-order valence-corrected chi connectivity index (χ0v) is 17.7. The predicted octanol–water partition coefficient (Wildman–Crippen LogP) is 4.11. The Labute approximate surface area is 189 Å². The quantitative estimate of drug-likeness (QED) is 0.371. The molecule has 2 aliphatic heterocycles. The fraction of sp³-hybridized carbons (Fsp3) is 0.200. The molecule has 166 valence electrons. The van der Waals surface area contributed by atoms with E-state index in [0.717, 1.165) is 0 Å². The summed E-state index contributed by atoms with van der Waals surface area (Å²) < 4.78 is 13.6. The Balaban J connectivity index is 1.72. The number of halogens is 1. The van der Waals surface area contributed by atoms with Crippen molar-refractivity contribution in [1.82, 2.24) is 4.90 Å². The molecule has 0 radical (unpaired) electrons. The molecule has 2 heterocycles. The number of likely N-dealkylation sites (N-methyl/N-ethyl adjacent to an activating group) is 1. The van der Waals surface area contributed by atoms with Crippen molar-refractivity contribution < 1.29 is 18.9 Å². The number of ketones is 1. The minimum Gasteiger partial charge on any atom is -0.324 e. The summed E-state index contributed by atoms with van der Waals surface area (Å²) in [7, 11) is 1.78. The van der Waals surface area contributed by atoms with E-state index < -0.39 is 28.1 Å². The highest BCUT2D eigenvalue weighted by Crippen LogP contribution is 2.55. The molecule has 3 atom stereocenters. The number of carbonyl (C=O) groups is 2. The molecule has 3 aromatic carbocycles. The van der Waals surface area contributed by atoms with Gasteiger partial charge >= 0.3 is 0 Å². The summed E-state index contributed by atoms with van der Waals surface area (Å²) in [5, 5.41) is 14.3. The van der Waals surface area contributed by atoms with Gasteiger partial charge in [0.15, 0.2) is 5.78 Å². The third kappa shape index (κ3) is 3.06. The van der Waals surface area contributed by atoms with E-state index in [2.05, 4.69) is 5.32 Å². The molecule has 0 unspecified atom stereocenters. The molecule has 2 aliphatic rings. The van der Waals surface area contributed by atoms with E-state index in [1.807, 2.05) is 23.1 Å². The van der Waals surface area contributed by atoms with Crippen LogP contribution in [-0.2, 0) is 10.3 Å². The number of likely N-dealkylation sites (tertiary alicyclic amines) is 1. The van der Waals surface area contributed by atoms with Crippen molar-refractivity contribution >= 4 is 23.1 Å². The first kappa shape index (κ1) is 21.0. The van der Waals surface area contributed by atoms with E-state index in [-0.39, 0.29) is 22.9 Å². The molecule has 1 saturated heterocycles. The number of benzene rings is 3.